The first kappa shape index (κ1) is 21.3. The summed E-state index contributed by atoms with van der Waals surface area (Å²) in [5.74, 6) is -1.47. The van der Waals surface area contributed by atoms with Crippen LogP contribution >= 0.6 is 0 Å². The van der Waals surface area contributed by atoms with E-state index in [0.717, 1.165) is 12.8 Å². The fourth-order valence-corrected chi connectivity index (χ4v) is 4.31. The molecule has 4 unspecified atom stereocenters. The summed E-state index contributed by atoms with van der Waals surface area (Å²) in [7, 11) is 0. The monoisotopic (exact) mass is 374 g/mol. The summed E-state index contributed by atoms with van der Waals surface area (Å²) in [6, 6.07) is 0. The van der Waals surface area contributed by atoms with Gasteiger partial charge in [0.15, 0.2) is 0 Å². The van der Waals surface area contributed by atoms with Gasteiger partial charge in [0, 0.05) is 31.1 Å². The Kier molecular flexibility index (Phi) is 8.14. The lowest BCUT2D eigenvalue weighted by Gasteiger charge is -2.17. The molecule has 0 amide bonds. The van der Waals surface area contributed by atoms with E-state index in [1.54, 1.807) is 6.08 Å². The molecule has 0 heterocycles. The molecule has 0 aliphatic heterocycles. The highest BCUT2D eigenvalue weighted by atomic mass is 16.6. The Balaban J connectivity index is 1.84. The molecule has 2 aliphatic carbocycles. The van der Waals surface area contributed by atoms with Gasteiger partial charge >= 0.3 is 11.9 Å². The number of carbonyl (C=O) groups is 4. The van der Waals surface area contributed by atoms with Gasteiger partial charge in [-0.15, -0.1) is 6.58 Å². The van der Waals surface area contributed by atoms with Crippen molar-refractivity contribution in [3.63, 3.8) is 0 Å². The fourth-order valence-electron chi connectivity index (χ4n) is 4.31. The maximum Gasteiger partial charge on any atom is 0.314 e. The fraction of sp³-hybridized carbons (Fsp3) is 0.636. The van der Waals surface area contributed by atoms with E-state index in [0.29, 0.717) is 32.1 Å². The average molecular weight is 374 g/mol. The molecule has 0 aromatic heterocycles. The number of esters is 2. The van der Waals surface area contributed by atoms with Crippen LogP contribution in [0, 0.1) is 23.7 Å². The predicted molar refractivity (Wildman–Crippen MR) is 102 cm³/mol. The number of ether oxygens (including phenoxy) is 1. The first-order chi connectivity index (χ1) is 13.0. The second kappa shape index (κ2) is 10.3. The second-order valence-corrected chi connectivity index (χ2v) is 7.64. The number of ketones is 2. The molecule has 2 rings (SSSR count). The SMILES string of the molecule is C=CCC1CCC(=O)C1CC(=O)OC(=O)CC1CCC(=O)C1C/C=C\CC. The molecule has 0 spiro atoms. The Morgan fingerprint density at radius 3 is 2.26 bits per heavy atom. The standard InChI is InChI=1S/C22H30O5/c1-3-5-6-8-17-16(10-12-19(17)23)13-21(25)27-22(26)14-18-15(7-4-2)9-11-20(18)24/h4-6,15-18H,2-3,7-14H2,1H3/b6-5-. The summed E-state index contributed by atoms with van der Waals surface area (Å²) in [5, 5.41) is 0. The number of hydrogen-bond donors (Lipinski definition) is 0. The van der Waals surface area contributed by atoms with Crippen molar-refractivity contribution < 1.29 is 23.9 Å². The molecule has 4 atom stereocenters. The lowest BCUT2D eigenvalue weighted by Crippen LogP contribution is -2.24. The zero-order valence-electron chi connectivity index (χ0n) is 16.2. The first-order valence-corrected chi connectivity index (χ1v) is 10.0. The van der Waals surface area contributed by atoms with Crippen molar-refractivity contribution in [2.75, 3.05) is 0 Å². The van der Waals surface area contributed by atoms with Gasteiger partial charge in [-0.1, -0.05) is 25.2 Å². The number of allylic oxidation sites excluding steroid dienone is 3. The normalized spacial score (nSPS) is 28.0. The average Bonchev–Trinajstić information content (AvgIpc) is 3.13. The van der Waals surface area contributed by atoms with Gasteiger partial charge in [0.05, 0.1) is 6.42 Å². The largest absolute Gasteiger partial charge is 0.393 e. The Morgan fingerprint density at radius 2 is 1.59 bits per heavy atom. The van der Waals surface area contributed by atoms with E-state index in [4.69, 9.17) is 4.74 Å². The molecule has 2 saturated carbocycles. The summed E-state index contributed by atoms with van der Waals surface area (Å²) in [5.41, 5.74) is 0. The summed E-state index contributed by atoms with van der Waals surface area (Å²) in [4.78, 5) is 48.4. The van der Waals surface area contributed by atoms with Crippen molar-refractivity contribution in [1.82, 2.24) is 0 Å². The Hall–Kier alpha value is -2.04. The quantitative estimate of drug-likeness (QED) is 0.347. The summed E-state index contributed by atoms with van der Waals surface area (Å²) < 4.78 is 4.97. The molecular formula is C22H30O5. The number of rotatable bonds is 9. The van der Waals surface area contributed by atoms with Gasteiger partial charge in [-0.3, -0.25) is 19.2 Å². The minimum absolute atomic E-state index is 0.0463. The molecular weight excluding hydrogens is 344 g/mol. The van der Waals surface area contributed by atoms with Gasteiger partial charge in [0.1, 0.15) is 11.6 Å². The molecule has 0 aromatic rings. The maximum atomic E-state index is 12.2. The van der Waals surface area contributed by atoms with Crippen molar-refractivity contribution in [3.05, 3.63) is 24.8 Å². The zero-order valence-corrected chi connectivity index (χ0v) is 16.2. The van der Waals surface area contributed by atoms with Crippen molar-refractivity contribution >= 4 is 23.5 Å². The Morgan fingerprint density at radius 1 is 0.963 bits per heavy atom. The van der Waals surface area contributed by atoms with Crippen LogP contribution in [0.3, 0.4) is 0 Å². The van der Waals surface area contributed by atoms with Gasteiger partial charge in [0.25, 0.3) is 0 Å². The maximum absolute atomic E-state index is 12.2. The van der Waals surface area contributed by atoms with E-state index < -0.39 is 11.9 Å². The van der Waals surface area contributed by atoms with Gasteiger partial charge in [-0.2, -0.15) is 0 Å². The van der Waals surface area contributed by atoms with E-state index in [-0.39, 0.29) is 48.1 Å². The lowest BCUT2D eigenvalue weighted by atomic mass is 9.89. The highest BCUT2D eigenvalue weighted by Crippen LogP contribution is 2.36. The summed E-state index contributed by atoms with van der Waals surface area (Å²) >= 11 is 0. The smallest absolute Gasteiger partial charge is 0.314 e. The molecule has 5 heteroatoms. The van der Waals surface area contributed by atoms with Crippen LogP contribution in [0.2, 0.25) is 0 Å². The van der Waals surface area contributed by atoms with Crippen LogP contribution < -0.4 is 0 Å². The topological polar surface area (TPSA) is 77.5 Å². The second-order valence-electron chi connectivity index (χ2n) is 7.64. The summed E-state index contributed by atoms with van der Waals surface area (Å²) in [6.07, 6.45) is 10.4. The van der Waals surface area contributed by atoms with Crippen LogP contribution in [0.15, 0.2) is 24.8 Å². The third-order valence-electron chi connectivity index (χ3n) is 5.79. The third kappa shape index (κ3) is 5.98. The molecule has 0 bridgehead atoms. The van der Waals surface area contributed by atoms with Crippen molar-refractivity contribution in [2.24, 2.45) is 23.7 Å². The minimum Gasteiger partial charge on any atom is -0.393 e. The number of hydrogen-bond acceptors (Lipinski definition) is 5. The molecule has 148 valence electrons. The molecule has 5 nitrogen and oxygen atoms in total. The highest BCUT2D eigenvalue weighted by Gasteiger charge is 2.38. The first-order valence-electron chi connectivity index (χ1n) is 10.0. The van der Waals surface area contributed by atoms with Crippen molar-refractivity contribution in [3.8, 4) is 0 Å². The summed E-state index contributed by atoms with van der Waals surface area (Å²) in [6.45, 7) is 5.72. The van der Waals surface area contributed by atoms with Crippen LogP contribution in [0.25, 0.3) is 0 Å². The van der Waals surface area contributed by atoms with Crippen LogP contribution in [-0.4, -0.2) is 23.5 Å². The van der Waals surface area contributed by atoms with E-state index in [1.807, 2.05) is 19.1 Å². The lowest BCUT2D eigenvalue weighted by molar-refractivity contribution is -0.161. The highest BCUT2D eigenvalue weighted by molar-refractivity contribution is 5.91. The van der Waals surface area contributed by atoms with E-state index in [9.17, 15) is 19.2 Å². The molecule has 0 saturated heterocycles. The molecule has 0 aromatic carbocycles. The van der Waals surface area contributed by atoms with Gasteiger partial charge in [-0.05, 0) is 43.9 Å². The molecule has 27 heavy (non-hydrogen) atoms. The van der Waals surface area contributed by atoms with Crippen LogP contribution in [0.1, 0.15) is 64.7 Å². The molecule has 0 N–H and O–H groups in total. The van der Waals surface area contributed by atoms with Crippen molar-refractivity contribution in [2.45, 2.75) is 64.7 Å². The molecule has 0 radical (unpaired) electrons. The molecule has 2 aliphatic rings. The van der Waals surface area contributed by atoms with Gasteiger partial charge in [0.2, 0.25) is 0 Å². The predicted octanol–water partition coefficient (Wildman–Crippen LogP) is 3.96. The van der Waals surface area contributed by atoms with Crippen LogP contribution in [0.5, 0.6) is 0 Å². The Bertz CT molecular complexity index is 618. The van der Waals surface area contributed by atoms with Crippen LogP contribution in [-0.2, 0) is 23.9 Å². The van der Waals surface area contributed by atoms with E-state index >= 15 is 0 Å². The van der Waals surface area contributed by atoms with Gasteiger partial charge in [-0.25, -0.2) is 0 Å². The Labute approximate surface area is 161 Å². The zero-order chi connectivity index (χ0) is 19.8. The minimum atomic E-state index is -0.638. The third-order valence-corrected chi connectivity index (χ3v) is 5.79. The van der Waals surface area contributed by atoms with Crippen LogP contribution in [0.4, 0.5) is 0 Å². The van der Waals surface area contributed by atoms with E-state index in [1.165, 1.54) is 0 Å². The molecule has 2 fully saturated rings. The van der Waals surface area contributed by atoms with Gasteiger partial charge < -0.3 is 4.74 Å². The van der Waals surface area contributed by atoms with E-state index in [2.05, 4.69) is 6.58 Å². The van der Waals surface area contributed by atoms with Crippen molar-refractivity contribution in [1.29, 1.82) is 0 Å². The number of carbonyl (C=O) groups excluding carboxylic acids is 4. The number of Topliss-reactive ketones (excluding diaryl/α,β-unsaturated/α-hetero) is 2.